The number of likely N-dealkylation sites (tertiary alicyclic amines) is 1. The highest BCUT2D eigenvalue weighted by Gasteiger charge is 2.29. The van der Waals surface area contributed by atoms with Crippen LogP contribution in [0.25, 0.3) is 0 Å². The quantitative estimate of drug-likeness (QED) is 0.714. The molecule has 0 amide bonds. The molecule has 2 saturated heterocycles. The maximum atomic E-state index is 5.99. The summed E-state index contributed by atoms with van der Waals surface area (Å²) >= 11 is 0. The zero-order valence-electron chi connectivity index (χ0n) is 9.11. The monoisotopic (exact) mass is 198 g/mol. The van der Waals surface area contributed by atoms with Gasteiger partial charge < -0.3 is 10.5 Å². The molecule has 2 aliphatic rings. The summed E-state index contributed by atoms with van der Waals surface area (Å²) in [6.45, 7) is 6.54. The van der Waals surface area contributed by atoms with Gasteiger partial charge in [-0.3, -0.25) is 4.90 Å². The van der Waals surface area contributed by atoms with Crippen LogP contribution in [0.5, 0.6) is 0 Å². The highest BCUT2D eigenvalue weighted by Crippen LogP contribution is 2.23. The molecule has 3 unspecified atom stereocenters. The van der Waals surface area contributed by atoms with Crippen molar-refractivity contribution in [2.75, 3.05) is 26.3 Å². The van der Waals surface area contributed by atoms with Gasteiger partial charge in [0.2, 0.25) is 0 Å². The summed E-state index contributed by atoms with van der Waals surface area (Å²) in [4.78, 5) is 2.55. The van der Waals surface area contributed by atoms with Gasteiger partial charge in [-0.25, -0.2) is 0 Å². The lowest BCUT2D eigenvalue weighted by atomic mass is 9.96. The van der Waals surface area contributed by atoms with E-state index in [0.717, 1.165) is 25.7 Å². The number of piperidine rings is 1. The van der Waals surface area contributed by atoms with Crippen LogP contribution in [0.3, 0.4) is 0 Å². The Morgan fingerprint density at radius 2 is 2.29 bits per heavy atom. The van der Waals surface area contributed by atoms with E-state index in [4.69, 9.17) is 10.5 Å². The highest BCUT2D eigenvalue weighted by molar-refractivity contribution is 4.83. The van der Waals surface area contributed by atoms with Crippen LogP contribution in [0.2, 0.25) is 0 Å². The Morgan fingerprint density at radius 1 is 1.43 bits per heavy atom. The van der Waals surface area contributed by atoms with E-state index in [1.807, 2.05) is 0 Å². The summed E-state index contributed by atoms with van der Waals surface area (Å²) in [6, 6.07) is 1.05. The van der Waals surface area contributed by atoms with E-state index in [-0.39, 0.29) is 0 Å². The maximum absolute atomic E-state index is 5.99. The Morgan fingerprint density at radius 3 is 2.93 bits per heavy atom. The van der Waals surface area contributed by atoms with Crippen molar-refractivity contribution in [3.05, 3.63) is 0 Å². The Balaban J connectivity index is 1.86. The van der Waals surface area contributed by atoms with E-state index < -0.39 is 0 Å². The first-order valence-electron chi connectivity index (χ1n) is 5.85. The van der Waals surface area contributed by atoms with Crippen molar-refractivity contribution in [3.63, 3.8) is 0 Å². The molecular formula is C11H22N2O. The second-order valence-electron chi connectivity index (χ2n) is 4.76. The fourth-order valence-electron chi connectivity index (χ4n) is 2.64. The predicted octanol–water partition coefficient (Wildman–Crippen LogP) is 0.835. The molecule has 3 heteroatoms. The van der Waals surface area contributed by atoms with Crippen molar-refractivity contribution in [2.24, 2.45) is 11.7 Å². The number of ether oxygens (including phenoxy) is 1. The zero-order chi connectivity index (χ0) is 9.97. The van der Waals surface area contributed by atoms with Gasteiger partial charge in [-0.05, 0) is 38.6 Å². The fraction of sp³-hybridized carbons (Fsp3) is 1.00. The Labute approximate surface area is 86.6 Å². The van der Waals surface area contributed by atoms with Gasteiger partial charge in [0.25, 0.3) is 0 Å². The number of hydrogen-bond donors (Lipinski definition) is 1. The van der Waals surface area contributed by atoms with Gasteiger partial charge in [-0.15, -0.1) is 0 Å². The molecule has 3 atom stereocenters. The lowest BCUT2D eigenvalue weighted by Crippen LogP contribution is -2.49. The Kier molecular flexibility index (Phi) is 3.42. The van der Waals surface area contributed by atoms with Gasteiger partial charge in [0.1, 0.15) is 0 Å². The Bertz CT molecular complexity index is 180. The lowest BCUT2D eigenvalue weighted by molar-refractivity contribution is 0.103. The van der Waals surface area contributed by atoms with Crippen molar-refractivity contribution in [3.8, 4) is 0 Å². The first-order valence-corrected chi connectivity index (χ1v) is 5.85. The van der Waals surface area contributed by atoms with Crippen LogP contribution >= 0.6 is 0 Å². The van der Waals surface area contributed by atoms with Crippen LogP contribution in [0.4, 0.5) is 0 Å². The van der Waals surface area contributed by atoms with Gasteiger partial charge >= 0.3 is 0 Å². The lowest BCUT2D eigenvalue weighted by Gasteiger charge is -2.37. The molecule has 0 aliphatic carbocycles. The molecule has 82 valence electrons. The molecule has 0 aromatic heterocycles. The van der Waals surface area contributed by atoms with Crippen LogP contribution < -0.4 is 5.73 Å². The molecule has 2 rings (SSSR count). The van der Waals surface area contributed by atoms with Crippen LogP contribution in [0, 0.1) is 5.92 Å². The van der Waals surface area contributed by atoms with Crippen LogP contribution in [-0.2, 0) is 4.74 Å². The van der Waals surface area contributed by atoms with E-state index in [0.29, 0.717) is 12.1 Å². The third-order valence-corrected chi connectivity index (χ3v) is 3.71. The highest BCUT2D eigenvalue weighted by atomic mass is 16.5. The maximum Gasteiger partial charge on any atom is 0.0509 e. The van der Waals surface area contributed by atoms with Crippen molar-refractivity contribution >= 4 is 0 Å². The smallest absolute Gasteiger partial charge is 0.0509 e. The van der Waals surface area contributed by atoms with E-state index in [1.54, 1.807) is 0 Å². The average Bonchev–Trinajstić information content (AvgIpc) is 2.69. The van der Waals surface area contributed by atoms with Gasteiger partial charge in [-0.2, -0.15) is 0 Å². The van der Waals surface area contributed by atoms with Gasteiger partial charge in [0.05, 0.1) is 6.61 Å². The number of nitrogens with zero attached hydrogens (tertiary/aromatic N) is 1. The normalized spacial score (nSPS) is 37.3. The topological polar surface area (TPSA) is 38.5 Å². The largest absolute Gasteiger partial charge is 0.381 e. The van der Waals surface area contributed by atoms with E-state index in [9.17, 15) is 0 Å². The number of rotatable bonds is 2. The zero-order valence-corrected chi connectivity index (χ0v) is 9.11. The van der Waals surface area contributed by atoms with Gasteiger partial charge in [0, 0.05) is 25.2 Å². The molecule has 2 heterocycles. The molecule has 0 aromatic rings. The van der Waals surface area contributed by atoms with Gasteiger partial charge in [0.15, 0.2) is 0 Å². The molecule has 0 saturated carbocycles. The molecule has 0 spiro atoms. The van der Waals surface area contributed by atoms with Crippen LogP contribution in [-0.4, -0.2) is 43.3 Å². The summed E-state index contributed by atoms with van der Waals surface area (Å²) in [6.07, 6.45) is 3.69. The summed E-state index contributed by atoms with van der Waals surface area (Å²) in [7, 11) is 0. The number of hydrogen-bond acceptors (Lipinski definition) is 3. The third-order valence-electron chi connectivity index (χ3n) is 3.71. The van der Waals surface area contributed by atoms with E-state index in [2.05, 4.69) is 11.8 Å². The summed E-state index contributed by atoms with van der Waals surface area (Å²) in [5.74, 6) is 0.736. The minimum Gasteiger partial charge on any atom is -0.381 e. The van der Waals surface area contributed by atoms with E-state index >= 15 is 0 Å². The first kappa shape index (κ1) is 10.4. The molecule has 0 bridgehead atoms. The van der Waals surface area contributed by atoms with E-state index in [1.165, 1.54) is 25.8 Å². The molecule has 2 aliphatic heterocycles. The fourth-order valence-corrected chi connectivity index (χ4v) is 2.64. The number of nitrogens with two attached hydrogens (primary N) is 1. The van der Waals surface area contributed by atoms with Crippen molar-refractivity contribution in [2.45, 2.75) is 38.3 Å². The minimum absolute atomic E-state index is 0.397. The van der Waals surface area contributed by atoms with Crippen molar-refractivity contribution < 1.29 is 4.74 Å². The Hall–Kier alpha value is -0.120. The molecule has 2 fully saturated rings. The standard InChI is InChI=1S/C11H22N2O/c1-9(10-4-6-14-8-10)13-5-2-3-11(12)7-13/h9-11H,2-8,12H2,1H3. The molecule has 0 aromatic carbocycles. The van der Waals surface area contributed by atoms with Crippen LogP contribution in [0.15, 0.2) is 0 Å². The second-order valence-corrected chi connectivity index (χ2v) is 4.76. The second kappa shape index (κ2) is 4.60. The molecule has 2 N–H and O–H groups in total. The van der Waals surface area contributed by atoms with Gasteiger partial charge in [-0.1, -0.05) is 0 Å². The summed E-state index contributed by atoms with van der Waals surface area (Å²) < 4.78 is 5.44. The molecular weight excluding hydrogens is 176 g/mol. The van der Waals surface area contributed by atoms with Crippen LogP contribution in [0.1, 0.15) is 26.2 Å². The summed E-state index contributed by atoms with van der Waals surface area (Å²) in [5.41, 5.74) is 5.99. The van der Waals surface area contributed by atoms with Crippen molar-refractivity contribution in [1.29, 1.82) is 0 Å². The van der Waals surface area contributed by atoms with Crippen molar-refractivity contribution in [1.82, 2.24) is 4.90 Å². The first-order chi connectivity index (χ1) is 6.77. The molecule has 3 nitrogen and oxygen atoms in total. The molecule has 0 radical (unpaired) electrons. The molecule has 14 heavy (non-hydrogen) atoms. The summed E-state index contributed by atoms with van der Waals surface area (Å²) in [5, 5.41) is 0. The average molecular weight is 198 g/mol. The minimum atomic E-state index is 0.397. The SMILES string of the molecule is CC(C1CCOC1)N1CCCC(N)C1. The predicted molar refractivity (Wildman–Crippen MR) is 57.2 cm³/mol. The third kappa shape index (κ3) is 2.27.